The monoisotopic (exact) mass is 320 g/mol. The van der Waals surface area contributed by atoms with Crippen molar-refractivity contribution in [1.29, 1.82) is 0 Å². The molecule has 0 heterocycles. The maximum atomic E-state index is 12.6. The number of fused-ring (bicyclic) bond motifs is 1. The second-order valence-electron chi connectivity index (χ2n) is 6.22. The fraction of sp³-hybridized carbons (Fsp3) is 0.438. The molecule has 6 heteroatoms. The Labute approximate surface area is 128 Å². The molecule has 0 aromatic heterocycles. The standard InChI is InChI=1S/C16H16O5S/c1-8-5-10(22(2,20)21)3-4-11(8)15(18)14-13(17)7-9-6-12(9)16(14)19/h3-5,9,12,14H,6-7H2,1-2H3. The van der Waals surface area contributed by atoms with E-state index in [1.807, 2.05) is 0 Å². The van der Waals surface area contributed by atoms with E-state index in [1.54, 1.807) is 6.92 Å². The SMILES string of the molecule is Cc1cc(S(C)(=O)=O)ccc1C(=O)C1C(=O)CC2CC2C1=O. The Morgan fingerprint density at radius 3 is 2.50 bits per heavy atom. The van der Waals surface area contributed by atoms with Gasteiger partial charge < -0.3 is 0 Å². The van der Waals surface area contributed by atoms with E-state index in [0.717, 1.165) is 6.26 Å². The molecule has 0 aliphatic heterocycles. The van der Waals surface area contributed by atoms with Crippen LogP contribution in [0.2, 0.25) is 0 Å². The number of Topliss-reactive ketones (excluding diaryl/α,β-unsaturated/α-hetero) is 3. The van der Waals surface area contributed by atoms with Gasteiger partial charge in [-0.1, -0.05) is 0 Å². The van der Waals surface area contributed by atoms with E-state index in [4.69, 9.17) is 0 Å². The Morgan fingerprint density at radius 1 is 1.23 bits per heavy atom. The van der Waals surface area contributed by atoms with Gasteiger partial charge in [0.05, 0.1) is 4.90 Å². The molecule has 1 aromatic rings. The molecule has 1 aromatic carbocycles. The highest BCUT2D eigenvalue weighted by molar-refractivity contribution is 7.90. The van der Waals surface area contributed by atoms with Crippen LogP contribution in [0.15, 0.2) is 23.1 Å². The third-order valence-corrected chi connectivity index (χ3v) is 5.62. The van der Waals surface area contributed by atoms with Gasteiger partial charge in [-0.3, -0.25) is 14.4 Å². The highest BCUT2D eigenvalue weighted by Crippen LogP contribution is 2.48. The van der Waals surface area contributed by atoms with Gasteiger partial charge in [-0.15, -0.1) is 0 Å². The van der Waals surface area contributed by atoms with Gasteiger partial charge in [0.2, 0.25) is 0 Å². The fourth-order valence-corrected chi connectivity index (χ4v) is 3.85. The maximum absolute atomic E-state index is 12.6. The lowest BCUT2D eigenvalue weighted by Crippen LogP contribution is -2.37. The molecule has 0 spiro atoms. The highest BCUT2D eigenvalue weighted by atomic mass is 32.2. The summed E-state index contributed by atoms with van der Waals surface area (Å²) >= 11 is 0. The zero-order valence-corrected chi connectivity index (χ0v) is 13.1. The average Bonchev–Trinajstić information content (AvgIpc) is 3.16. The summed E-state index contributed by atoms with van der Waals surface area (Å²) in [6, 6.07) is 4.14. The molecule has 2 fully saturated rings. The molecule has 2 saturated carbocycles. The topological polar surface area (TPSA) is 85.3 Å². The molecule has 3 unspecified atom stereocenters. The molecule has 0 N–H and O–H groups in total. The molecule has 0 amide bonds. The van der Waals surface area contributed by atoms with Crippen molar-refractivity contribution in [1.82, 2.24) is 0 Å². The van der Waals surface area contributed by atoms with Gasteiger partial charge >= 0.3 is 0 Å². The number of rotatable bonds is 3. The van der Waals surface area contributed by atoms with E-state index >= 15 is 0 Å². The molecule has 0 bridgehead atoms. The molecule has 22 heavy (non-hydrogen) atoms. The Balaban J connectivity index is 1.95. The lowest BCUT2D eigenvalue weighted by atomic mass is 9.81. The molecular formula is C16H16O5S. The molecule has 2 aliphatic rings. The van der Waals surface area contributed by atoms with Crippen LogP contribution in [0, 0.1) is 24.7 Å². The molecule has 3 rings (SSSR count). The van der Waals surface area contributed by atoms with Crippen molar-refractivity contribution in [2.75, 3.05) is 6.26 Å². The predicted molar refractivity (Wildman–Crippen MR) is 78.3 cm³/mol. The molecule has 5 nitrogen and oxygen atoms in total. The van der Waals surface area contributed by atoms with Crippen LogP contribution in [0.3, 0.4) is 0 Å². The number of hydrogen-bond acceptors (Lipinski definition) is 5. The number of carbonyl (C=O) groups excluding carboxylic acids is 3. The molecule has 0 saturated heterocycles. The van der Waals surface area contributed by atoms with E-state index in [-0.39, 0.29) is 33.9 Å². The summed E-state index contributed by atoms with van der Waals surface area (Å²) in [4.78, 5) is 36.9. The second-order valence-corrected chi connectivity index (χ2v) is 8.24. The van der Waals surface area contributed by atoms with Crippen LogP contribution in [0.25, 0.3) is 0 Å². The molecule has 116 valence electrons. The highest BCUT2D eigenvalue weighted by Gasteiger charge is 2.54. The van der Waals surface area contributed by atoms with Crippen molar-refractivity contribution < 1.29 is 22.8 Å². The Kier molecular flexibility index (Phi) is 3.32. The zero-order valence-electron chi connectivity index (χ0n) is 12.3. The van der Waals surface area contributed by atoms with Crippen LogP contribution in [0.5, 0.6) is 0 Å². The van der Waals surface area contributed by atoms with Gasteiger partial charge in [0, 0.05) is 24.2 Å². The van der Waals surface area contributed by atoms with Crippen LogP contribution in [0.4, 0.5) is 0 Å². The summed E-state index contributed by atoms with van der Waals surface area (Å²) in [6.07, 6.45) is 2.10. The van der Waals surface area contributed by atoms with Crippen LogP contribution >= 0.6 is 0 Å². The maximum Gasteiger partial charge on any atom is 0.181 e. The minimum absolute atomic E-state index is 0.116. The van der Waals surface area contributed by atoms with Gasteiger partial charge in [-0.2, -0.15) is 0 Å². The number of aryl methyl sites for hydroxylation is 1. The minimum Gasteiger partial charge on any atom is -0.298 e. The zero-order chi connectivity index (χ0) is 16.2. The third kappa shape index (κ3) is 2.41. The van der Waals surface area contributed by atoms with Crippen LogP contribution in [-0.2, 0) is 19.4 Å². The summed E-state index contributed by atoms with van der Waals surface area (Å²) in [7, 11) is -3.36. The van der Waals surface area contributed by atoms with Crippen molar-refractivity contribution >= 4 is 27.2 Å². The summed E-state index contributed by atoms with van der Waals surface area (Å²) < 4.78 is 23.1. The summed E-state index contributed by atoms with van der Waals surface area (Å²) in [5.74, 6) is -2.28. The minimum atomic E-state index is -3.36. The number of carbonyl (C=O) groups is 3. The Morgan fingerprint density at radius 2 is 1.91 bits per heavy atom. The molecule has 3 atom stereocenters. The molecule has 2 aliphatic carbocycles. The van der Waals surface area contributed by atoms with E-state index < -0.39 is 21.5 Å². The predicted octanol–water partition coefficient (Wildman–Crippen LogP) is 1.38. The van der Waals surface area contributed by atoms with Crippen molar-refractivity contribution in [2.24, 2.45) is 17.8 Å². The van der Waals surface area contributed by atoms with E-state index in [0.29, 0.717) is 18.4 Å². The van der Waals surface area contributed by atoms with Crippen molar-refractivity contribution in [3.8, 4) is 0 Å². The second kappa shape index (κ2) is 4.84. The normalized spacial score (nSPS) is 27.5. The molecular weight excluding hydrogens is 304 g/mol. The number of hydrogen-bond donors (Lipinski definition) is 0. The van der Waals surface area contributed by atoms with Gasteiger partial charge in [-0.25, -0.2) is 8.42 Å². The first-order valence-electron chi connectivity index (χ1n) is 7.11. The van der Waals surface area contributed by atoms with Crippen LogP contribution < -0.4 is 0 Å². The van der Waals surface area contributed by atoms with Crippen molar-refractivity contribution in [2.45, 2.75) is 24.7 Å². The first kappa shape index (κ1) is 15.1. The summed E-state index contributed by atoms with van der Waals surface area (Å²) in [6.45, 7) is 1.61. The van der Waals surface area contributed by atoms with Gasteiger partial charge in [0.15, 0.2) is 27.2 Å². The van der Waals surface area contributed by atoms with Crippen LogP contribution in [0.1, 0.15) is 28.8 Å². The van der Waals surface area contributed by atoms with E-state index in [1.165, 1.54) is 18.2 Å². The Bertz CT molecular complexity index is 806. The first-order chi connectivity index (χ1) is 10.2. The van der Waals surface area contributed by atoms with Crippen molar-refractivity contribution in [3.05, 3.63) is 29.3 Å². The number of ketones is 3. The van der Waals surface area contributed by atoms with Gasteiger partial charge in [0.25, 0.3) is 0 Å². The summed E-state index contributed by atoms with van der Waals surface area (Å²) in [5.41, 5.74) is 0.713. The number of benzene rings is 1. The average molecular weight is 320 g/mol. The van der Waals surface area contributed by atoms with Crippen LogP contribution in [-0.4, -0.2) is 32.0 Å². The van der Waals surface area contributed by atoms with Gasteiger partial charge in [0.1, 0.15) is 5.92 Å². The Hall–Kier alpha value is -1.82. The third-order valence-electron chi connectivity index (χ3n) is 4.51. The van der Waals surface area contributed by atoms with E-state index in [2.05, 4.69) is 0 Å². The van der Waals surface area contributed by atoms with E-state index in [9.17, 15) is 22.8 Å². The van der Waals surface area contributed by atoms with Crippen molar-refractivity contribution in [3.63, 3.8) is 0 Å². The van der Waals surface area contributed by atoms with Gasteiger partial charge in [-0.05, 0) is 43.0 Å². The largest absolute Gasteiger partial charge is 0.298 e. The lowest BCUT2D eigenvalue weighted by molar-refractivity contribution is -0.133. The summed E-state index contributed by atoms with van der Waals surface area (Å²) in [5, 5.41) is 0. The molecule has 0 radical (unpaired) electrons. The fourth-order valence-electron chi connectivity index (χ4n) is 3.14. The number of sulfone groups is 1. The quantitative estimate of drug-likeness (QED) is 0.620. The lowest BCUT2D eigenvalue weighted by Gasteiger charge is -2.19. The smallest absolute Gasteiger partial charge is 0.181 e. The first-order valence-corrected chi connectivity index (χ1v) is 9.00.